The van der Waals surface area contributed by atoms with Crippen LogP contribution in [-0.2, 0) is 6.54 Å². The molecule has 0 radical (unpaired) electrons. The number of aromatic nitrogens is 1. The van der Waals surface area contributed by atoms with Crippen LogP contribution in [0, 0.1) is 5.21 Å². The number of pyridine rings is 1. The Hall–Kier alpha value is -2.88. The van der Waals surface area contributed by atoms with Crippen molar-refractivity contribution in [3.63, 3.8) is 0 Å². The molecule has 0 unspecified atom stereocenters. The van der Waals surface area contributed by atoms with Gasteiger partial charge in [0.15, 0.2) is 12.4 Å². The lowest BCUT2D eigenvalue weighted by Crippen LogP contribution is -2.29. The van der Waals surface area contributed by atoms with E-state index in [1.54, 1.807) is 11.9 Å². The van der Waals surface area contributed by atoms with E-state index in [1.165, 1.54) is 24.5 Å². The topological polar surface area (TPSA) is 47.2 Å². The van der Waals surface area contributed by atoms with Gasteiger partial charge >= 0.3 is 0 Å². The zero-order valence-corrected chi connectivity index (χ0v) is 12.3. The fourth-order valence-corrected chi connectivity index (χ4v) is 2.53. The van der Waals surface area contributed by atoms with Crippen LogP contribution in [0.15, 0.2) is 67.0 Å². The number of amides is 1. The molecule has 3 rings (SSSR count). The van der Waals surface area contributed by atoms with E-state index in [9.17, 15) is 10.0 Å². The van der Waals surface area contributed by atoms with Crippen LogP contribution in [0.1, 0.15) is 15.9 Å². The number of fused-ring (bicyclic) bond motifs is 1. The smallest absolute Gasteiger partial charge is 0.254 e. The van der Waals surface area contributed by atoms with Crippen LogP contribution in [0.5, 0.6) is 0 Å². The first-order valence-electron chi connectivity index (χ1n) is 7.06. The number of hydrogen-bond donors (Lipinski definition) is 0. The van der Waals surface area contributed by atoms with Gasteiger partial charge in [-0.3, -0.25) is 4.79 Å². The Balaban J connectivity index is 1.85. The van der Waals surface area contributed by atoms with E-state index in [0.717, 1.165) is 16.3 Å². The summed E-state index contributed by atoms with van der Waals surface area (Å²) in [5.41, 5.74) is 1.61. The zero-order valence-electron chi connectivity index (χ0n) is 12.3. The van der Waals surface area contributed by atoms with Crippen molar-refractivity contribution in [2.75, 3.05) is 7.05 Å². The Morgan fingerprint density at radius 1 is 1.05 bits per heavy atom. The minimum Gasteiger partial charge on any atom is -0.619 e. The maximum atomic E-state index is 12.4. The summed E-state index contributed by atoms with van der Waals surface area (Å²) in [6.45, 7) is 0.520. The normalized spacial score (nSPS) is 10.6. The van der Waals surface area contributed by atoms with Gasteiger partial charge in [0.25, 0.3) is 5.91 Å². The predicted molar refractivity (Wildman–Crippen MR) is 85.1 cm³/mol. The van der Waals surface area contributed by atoms with E-state index < -0.39 is 0 Å². The Kier molecular flexibility index (Phi) is 3.74. The first-order chi connectivity index (χ1) is 10.6. The highest BCUT2D eigenvalue weighted by atomic mass is 16.5. The minimum absolute atomic E-state index is 0.103. The van der Waals surface area contributed by atoms with Crippen LogP contribution in [0.4, 0.5) is 0 Å². The second-order valence-corrected chi connectivity index (χ2v) is 5.25. The molecule has 0 spiro atoms. The first kappa shape index (κ1) is 14.1. The van der Waals surface area contributed by atoms with Crippen LogP contribution in [-0.4, -0.2) is 17.9 Å². The molecule has 0 saturated heterocycles. The van der Waals surface area contributed by atoms with Crippen LogP contribution in [0.3, 0.4) is 0 Å². The number of carbonyl (C=O) groups is 1. The molecule has 0 fully saturated rings. The number of hydrogen-bond acceptors (Lipinski definition) is 2. The van der Waals surface area contributed by atoms with Gasteiger partial charge in [-0.25, -0.2) is 0 Å². The quantitative estimate of drug-likeness (QED) is 0.550. The summed E-state index contributed by atoms with van der Waals surface area (Å²) in [5.74, 6) is -0.103. The molecule has 110 valence electrons. The van der Waals surface area contributed by atoms with E-state index in [1.807, 2.05) is 24.3 Å². The van der Waals surface area contributed by atoms with Crippen molar-refractivity contribution in [3.05, 3.63) is 83.3 Å². The fraction of sp³-hybridized carbons (Fsp3) is 0.111. The highest BCUT2D eigenvalue weighted by molar-refractivity contribution is 5.94. The summed E-state index contributed by atoms with van der Waals surface area (Å²) in [7, 11) is 1.77. The SMILES string of the molecule is CN(Cc1cccc2ccccc12)C(=O)c1cc[n+]([O-])cc1. The number of rotatable bonds is 3. The molecule has 3 aromatic rings. The zero-order chi connectivity index (χ0) is 15.5. The first-order valence-corrected chi connectivity index (χ1v) is 7.06. The third-order valence-electron chi connectivity index (χ3n) is 3.68. The van der Waals surface area contributed by atoms with Crippen LogP contribution in [0.25, 0.3) is 10.8 Å². The lowest BCUT2D eigenvalue weighted by Gasteiger charge is -2.18. The van der Waals surface area contributed by atoms with Crippen molar-refractivity contribution in [3.8, 4) is 0 Å². The minimum atomic E-state index is -0.103. The van der Waals surface area contributed by atoms with Crippen molar-refractivity contribution in [1.82, 2.24) is 4.90 Å². The largest absolute Gasteiger partial charge is 0.619 e. The van der Waals surface area contributed by atoms with E-state index in [-0.39, 0.29) is 5.91 Å². The second-order valence-electron chi connectivity index (χ2n) is 5.25. The van der Waals surface area contributed by atoms with E-state index in [2.05, 4.69) is 18.2 Å². The van der Waals surface area contributed by atoms with E-state index >= 15 is 0 Å². The molecule has 0 N–H and O–H groups in total. The monoisotopic (exact) mass is 292 g/mol. The Labute approximate surface area is 128 Å². The van der Waals surface area contributed by atoms with Gasteiger partial charge in [0.05, 0.1) is 5.56 Å². The molecule has 0 aliphatic rings. The second kappa shape index (κ2) is 5.85. The summed E-state index contributed by atoms with van der Waals surface area (Å²) in [6.07, 6.45) is 2.66. The van der Waals surface area contributed by atoms with Gasteiger partial charge in [-0.1, -0.05) is 42.5 Å². The van der Waals surface area contributed by atoms with Gasteiger partial charge in [-0.05, 0) is 16.3 Å². The van der Waals surface area contributed by atoms with Crippen LogP contribution < -0.4 is 4.73 Å². The summed E-state index contributed by atoms with van der Waals surface area (Å²) in [5, 5.41) is 13.4. The molecule has 22 heavy (non-hydrogen) atoms. The molecule has 1 aromatic heterocycles. The lowest BCUT2D eigenvalue weighted by atomic mass is 10.0. The number of carbonyl (C=O) groups excluding carboxylic acids is 1. The summed E-state index contributed by atoms with van der Waals surface area (Å²) in [4.78, 5) is 14.1. The van der Waals surface area contributed by atoms with Crippen LogP contribution >= 0.6 is 0 Å². The van der Waals surface area contributed by atoms with Gasteiger partial charge in [-0.15, -0.1) is 0 Å². The maximum Gasteiger partial charge on any atom is 0.254 e. The molecule has 4 heteroatoms. The highest BCUT2D eigenvalue weighted by Gasteiger charge is 2.13. The molecule has 2 aromatic carbocycles. The van der Waals surface area contributed by atoms with Gasteiger partial charge in [0, 0.05) is 25.7 Å². The molecule has 0 aliphatic carbocycles. The third-order valence-corrected chi connectivity index (χ3v) is 3.68. The molecular weight excluding hydrogens is 276 g/mol. The van der Waals surface area contributed by atoms with Crippen molar-refractivity contribution < 1.29 is 9.52 Å². The average Bonchev–Trinajstić information content (AvgIpc) is 2.55. The molecule has 0 aliphatic heterocycles. The Morgan fingerprint density at radius 3 is 2.50 bits per heavy atom. The molecule has 1 heterocycles. The number of nitrogens with zero attached hydrogens (tertiary/aromatic N) is 2. The Bertz CT molecular complexity index is 807. The maximum absolute atomic E-state index is 12.4. The third kappa shape index (κ3) is 2.76. The van der Waals surface area contributed by atoms with Crippen LogP contribution in [0.2, 0.25) is 0 Å². The molecule has 1 amide bonds. The molecule has 0 atom stereocenters. The lowest BCUT2D eigenvalue weighted by molar-refractivity contribution is -0.605. The van der Waals surface area contributed by atoms with Gasteiger partial charge < -0.3 is 10.1 Å². The van der Waals surface area contributed by atoms with Crippen molar-refractivity contribution in [2.45, 2.75) is 6.54 Å². The molecular formula is C18H16N2O2. The van der Waals surface area contributed by atoms with Gasteiger partial charge in [0.2, 0.25) is 0 Å². The Morgan fingerprint density at radius 2 is 1.73 bits per heavy atom. The average molecular weight is 292 g/mol. The van der Waals surface area contributed by atoms with Crippen molar-refractivity contribution in [1.29, 1.82) is 0 Å². The summed E-state index contributed by atoms with van der Waals surface area (Å²) in [6, 6.07) is 17.3. The molecule has 0 bridgehead atoms. The highest BCUT2D eigenvalue weighted by Crippen LogP contribution is 2.20. The molecule has 4 nitrogen and oxygen atoms in total. The number of benzene rings is 2. The summed E-state index contributed by atoms with van der Waals surface area (Å²) < 4.78 is 0.668. The fourth-order valence-electron chi connectivity index (χ4n) is 2.53. The van der Waals surface area contributed by atoms with Crippen molar-refractivity contribution in [2.24, 2.45) is 0 Å². The van der Waals surface area contributed by atoms with E-state index in [4.69, 9.17) is 0 Å². The predicted octanol–water partition coefficient (Wildman–Crippen LogP) is 2.75. The van der Waals surface area contributed by atoms with Gasteiger partial charge in [0.1, 0.15) is 0 Å². The summed E-state index contributed by atoms with van der Waals surface area (Å²) >= 11 is 0. The van der Waals surface area contributed by atoms with Gasteiger partial charge in [-0.2, -0.15) is 4.73 Å². The van der Waals surface area contributed by atoms with Crippen molar-refractivity contribution >= 4 is 16.7 Å². The standard InChI is InChI=1S/C18H16N2O2/c1-19(18(21)15-9-11-20(22)12-10-15)13-16-7-4-6-14-5-2-3-8-17(14)16/h2-12H,13H2,1H3. The van der Waals surface area contributed by atoms with E-state index in [0.29, 0.717) is 16.8 Å². The molecule has 0 saturated carbocycles.